The Hall–Kier alpha value is -0.0100. The molecule has 0 aromatic heterocycles. The maximum atomic E-state index is 11.6. The Morgan fingerprint density at radius 2 is 1.06 bits per heavy atom. The smallest absolute Gasteiger partial charge is 0.394 e. The molecule has 0 radical (unpaired) electrons. The van der Waals surface area contributed by atoms with Crippen molar-refractivity contribution in [1.82, 2.24) is 0 Å². The third-order valence-corrected chi connectivity index (χ3v) is 7.34. The molecule has 8 heteroatoms. The lowest BCUT2D eigenvalue weighted by atomic mass is 10.0. The van der Waals surface area contributed by atoms with Crippen LogP contribution in [0.2, 0.25) is 0 Å². The first-order chi connectivity index (χ1) is 17.1. The van der Waals surface area contributed by atoms with Gasteiger partial charge in [-0.3, -0.25) is 9.05 Å². The van der Waals surface area contributed by atoms with Crippen LogP contribution in [0.1, 0.15) is 135 Å². The summed E-state index contributed by atoms with van der Waals surface area (Å²) in [6, 6.07) is 0. The fourth-order valence-electron chi connectivity index (χ4n) is 4.14. The Balaban J connectivity index is 3.31. The summed E-state index contributed by atoms with van der Waals surface area (Å²) in [6.45, 7) is 2.41. The highest BCUT2D eigenvalue weighted by atomic mass is 31.2. The van der Waals surface area contributed by atoms with Crippen LogP contribution in [0.25, 0.3) is 0 Å². The Kier molecular flexibility index (Phi) is 27.0. The van der Waals surface area contributed by atoms with Gasteiger partial charge in [-0.1, -0.05) is 129 Å². The lowest BCUT2D eigenvalue weighted by Crippen LogP contribution is -2.24. The van der Waals surface area contributed by atoms with Gasteiger partial charge in [-0.05, 0) is 6.42 Å². The van der Waals surface area contributed by atoms with Crippen LogP contribution < -0.4 is 5.73 Å². The number of aliphatic hydroxyl groups is 1. The molecule has 35 heavy (non-hydrogen) atoms. The minimum absolute atomic E-state index is 0.0577. The molecule has 0 aromatic carbocycles. The van der Waals surface area contributed by atoms with Crippen LogP contribution in [0.4, 0.5) is 0 Å². The molecular formula is C27H58NO6P. The zero-order chi connectivity index (χ0) is 25.9. The maximum absolute atomic E-state index is 11.6. The van der Waals surface area contributed by atoms with E-state index in [1.165, 1.54) is 116 Å². The molecule has 0 rings (SSSR count). The van der Waals surface area contributed by atoms with Gasteiger partial charge >= 0.3 is 7.82 Å². The van der Waals surface area contributed by atoms with Gasteiger partial charge in [-0.2, -0.15) is 0 Å². The molecule has 1 unspecified atom stereocenters. The number of hydrogen-bond donors (Lipinski definition) is 3. The second-order valence-corrected chi connectivity index (χ2v) is 11.2. The fourth-order valence-corrected chi connectivity index (χ4v) is 4.91. The Morgan fingerprint density at radius 3 is 1.43 bits per heavy atom. The summed E-state index contributed by atoms with van der Waals surface area (Å²) < 4.78 is 26.6. The van der Waals surface area contributed by atoms with Gasteiger partial charge in [0.1, 0.15) is 6.10 Å². The second-order valence-electron chi connectivity index (χ2n) is 9.78. The second kappa shape index (κ2) is 27.0. The van der Waals surface area contributed by atoms with Crippen molar-refractivity contribution < 1.29 is 28.3 Å². The Labute approximate surface area is 216 Å². The summed E-state index contributed by atoms with van der Waals surface area (Å²) in [5.41, 5.74) is 5.23. The van der Waals surface area contributed by atoms with Crippen molar-refractivity contribution in [2.75, 3.05) is 33.0 Å². The highest BCUT2D eigenvalue weighted by molar-refractivity contribution is 7.47. The third-order valence-electron chi connectivity index (χ3n) is 6.35. The summed E-state index contributed by atoms with van der Waals surface area (Å²) in [5, 5.41) is 9.33. The van der Waals surface area contributed by atoms with E-state index < -0.39 is 13.9 Å². The summed E-state index contributed by atoms with van der Waals surface area (Å²) >= 11 is 0. The SMILES string of the molecule is CCCCCCCCCCCCCCCCCCCCCCO[C@H](CO)COP(=O)(O)OCCN. The van der Waals surface area contributed by atoms with E-state index in [0.717, 1.165) is 12.8 Å². The van der Waals surface area contributed by atoms with E-state index in [2.05, 4.69) is 11.4 Å². The van der Waals surface area contributed by atoms with Crippen molar-refractivity contribution in [3.8, 4) is 0 Å². The van der Waals surface area contributed by atoms with Crippen molar-refractivity contribution in [2.45, 2.75) is 141 Å². The Bertz CT molecular complexity index is 469. The van der Waals surface area contributed by atoms with Crippen molar-refractivity contribution in [2.24, 2.45) is 5.73 Å². The minimum Gasteiger partial charge on any atom is -0.394 e. The number of aliphatic hydroxyl groups excluding tert-OH is 1. The van der Waals surface area contributed by atoms with Gasteiger partial charge in [0.25, 0.3) is 0 Å². The highest BCUT2D eigenvalue weighted by Gasteiger charge is 2.23. The van der Waals surface area contributed by atoms with Crippen LogP contribution in [0, 0.1) is 0 Å². The molecule has 212 valence electrons. The monoisotopic (exact) mass is 523 g/mol. The molecule has 4 N–H and O–H groups in total. The first-order valence-corrected chi connectivity index (χ1v) is 16.1. The summed E-state index contributed by atoms with van der Waals surface area (Å²) in [6.07, 6.45) is 26.3. The summed E-state index contributed by atoms with van der Waals surface area (Å²) in [5.74, 6) is 0. The predicted octanol–water partition coefficient (Wildman–Crippen LogP) is 7.28. The predicted molar refractivity (Wildman–Crippen MR) is 146 cm³/mol. The number of phosphoric acid groups is 1. The van der Waals surface area contributed by atoms with Crippen LogP contribution in [0.5, 0.6) is 0 Å². The minimum atomic E-state index is -4.13. The first-order valence-electron chi connectivity index (χ1n) is 14.6. The third kappa shape index (κ3) is 26.9. The molecule has 7 nitrogen and oxygen atoms in total. The zero-order valence-electron chi connectivity index (χ0n) is 22.8. The number of nitrogens with two attached hydrogens (primary N) is 1. The largest absolute Gasteiger partial charge is 0.472 e. The molecule has 0 fully saturated rings. The molecule has 2 atom stereocenters. The quantitative estimate of drug-likeness (QED) is 0.0698. The number of phosphoric ester groups is 1. The number of unbranched alkanes of at least 4 members (excludes halogenated alkanes) is 19. The average Bonchev–Trinajstić information content (AvgIpc) is 2.85. The topological polar surface area (TPSA) is 111 Å². The Morgan fingerprint density at radius 1 is 0.657 bits per heavy atom. The molecule has 0 aromatic rings. The van der Waals surface area contributed by atoms with Crippen LogP contribution in [-0.2, 0) is 18.3 Å². The standard InChI is InChI=1S/C27H58NO6P/c1-2-3-4-5-6-7-8-9-10-11-12-13-14-15-16-17-18-19-20-21-23-32-27(25-29)26-34-35(30,31)33-24-22-28/h27,29H,2-26,28H2,1H3,(H,30,31)/t27-/m1/s1. The van der Waals surface area contributed by atoms with Crippen molar-refractivity contribution in [1.29, 1.82) is 0 Å². The normalized spacial score (nSPS) is 14.3. The van der Waals surface area contributed by atoms with E-state index in [-0.39, 0.29) is 26.4 Å². The van der Waals surface area contributed by atoms with E-state index in [0.29, 0.717) is 6.61 Å². The molecule has 0 aliphatic rings. The molecule has 0 saturated carbocycles. The molecule has 0 bridgehead atoms. The lowest BCUT2D eigenvalue weighted by Gasteiger charge is -2.17. The molecule has 0 aliphatic heterocycles. The van der Waals surface area contributed by atoms with Crippen LogP contribution >= 0.6 is 7.82 Å². The molecule has 0 heterocycles. The van der Waals surface area contributed by atoms with Gasteiger partial charge < -0.3 is 20.5 Å². The maximum Gasteiger partial charge on any atom is 0.472 e. The van der Waals surface area contributed by atoms with E-state index in [4.69, 9.17) is 15.0 Å². The highest BCUT2D eigenvalue weighted by Crippen LogP contribution is 2.42. The lowest BCUT2D eigenvalue weighted by molar-refractivity contribution is -0.0224. The summed E-state index contributed by atoms with van der Waals surface area (Å²) in [7, 11) is -4.13. The van der Waals surface area contributed by atoms with Crippen molar-refractivity contribution in [3.63, 3.8) is 0 Å². The molecule has 0 aliphatic carbocycles. The van der Waals surface area contributed by atoms with Gasteiger partial charge in [-0.25, -0.2) is 4.57 Å². The van der Waals surface area contributed by atoms with E-state index in [1.54, 1.807) is 0 Å². The van der Waals surface area contributed by atoms with Crippen molar-refractivity contribution >= 4 is 7.82 Å². The number of ether oxygens (including phenoxy) is 1. The van der Waals surface area contributed by atoms with E-state index >= 15 is 0 Å². The molecular weight excluding hydrogens is 465 g/mol. The molecule has 0 spiro atoms. The van der Waals surface area contributed by atoms with Gasteiger partial charge in [0, 0.05) is 13.2 Å². The average molecular weight is 524 g/mol. The van der Waals surface area contributed by atoms with Crippen LogP contribution in [0.15, 0.2) is 0 Å². The van der Waals surface area contributed by atoms with E-state index in [1.807, 2.05) is 0 Å². The molecule has 0 amide bonds. The molecule has 0 saturated heterocycles. The number of rotatable bonds is 29. The first kappa shape index (κ1) is 35.0. The van der Waals surface area contributed by atoms with Gasteiger partial charge in [-0.15, -0.1) is 0 Å². The fraction of sp³-hybridized carbons (Fsp3) is 1.00. The summed E-state index contributed by atoms with van der Waals surface area (Å²) in [4.78, 5) is 9.45. The number of hydrogen-bond acceptors (Lipinski definition) is 6. The van der Waals surface area contributed by atoms with Crippen LogP contribution in [0.3, 0.4) is 0 Å². The van der Waals surface area contributed by atoms with Gasteiger partial charge in [0.15, 0.2) is 0 Å². The van der Waals surface area contributed by atoms with E-state index in [9.17, 15) is 14.6 Å². The van der Waals surface area contributed by atoms with Gasteiger partial charge in [0.05, 0.1) is 19.8 Å². The zero-order valence-corrected chi connectivity index (χ0v) is 23.7. The van der Waals surface area contributed by atoms with Crippen molar-refractivity contribution in [3.05, 3.63) is 0 Å². The van der Waals surface area contributed by atoms with Crippen LogP contribution in [-0.4, -0.2) is 49.1 Å². The van der Waals surface area contributed by atoms with Gasteiger partial charge in [0.2, 0.25) is 0 Å².